The molecule has 0 spiro atoms. The molecule has 144 valence electrons. The summed E-state index contributed by atoms with van der Waals surface area (Å²) in [4.78, 5) is 26.6. The number of ether oxygens (including phenoxy) is 1. The van der Waals surface area contributed by atoms with E-state index in [9.17, 15) is 9.59 Å². The molecule has 1 N–H and O–H groups in total. The summed E-state index contributed by atoms with van der Waals surface area (Å²) in [7, 11) is 0. The van der Waals surface area contributed by atoms with Gasteiger partial charge in [0.15, 0.2) is 6.61 Å². The van der Waals surface area contributed by atoms with E-state index in [0.29, 0.717) is 23.9 Å². The van der Waals surface area contributed by atoms with Crippen molar-refractivity contribution in [2.24, 2.45) is 0 Å². The van der Waals surface area contributed by atoms with Gasteiger partial charge in [0.05, 0.1) is 0 Å². The van der Waals surface area contributed by atoms with E-state index in [0.717, 1.165) is 11.1 Å². The minimum atomic E-state index is -0.616. The Morgan fingerprint density at radius 2 is 1.89 bits per heavy atom. The van der Waals surface area contributed by atoms with Crippen molar-refractivity contribution in [3.8, 4) is 5.75 Å². The van der Waals surface area contributed by atoms with Gasteiger partial charge in [0, 0.05) is 18.1 Å². The SMILES string of the molecule is CCNC(=O)C(C)N(Cc1ccc(Cl)cc1)C(=O)COc1cccc(C)c1. The van der Waals surface area contributed by atoms with Crippen LogP contribution >= 0.6 is 11.6 Å². The van der Waals surface area contributed by atoms with Crippen LogP contribution in [0.2, 0.25) is 5.02 Å². The first-order valence-corrected chi connectivity index (χ1v) is 9.29. The fourth-order valence-corrected chi connectivity index (χ4v) is 2.75. The summed E-state index contributed by atoms with van der Waals surface area (Å²) >= 11 is 5.93. The van der Waals surface area contributed by atoms with Gasteiger partial charge in [-0.1, -0.05) is 35.9 Å². The maximum Gasteiger partial charge on any atom is 0.261 e. The molecule has 0 saturated heterocycles. The first kappa shape index (κ1) is 20.8. The monoisotopic (exact) mass is 388 g/mol. The molecule has 2 aromatic carbocycles. The number of halogens is 1. The fourth-order valence-electron chi connectivity index (χ4n) is 2.62. The van der Waals surface area contributed by atoms with E-state index in [2.05, 4.69) is 5.32 Å². The van der Waals surface area contributed by atoms with E-state index in [4.69, 9.17) is 16.3 Å². The zero-order valence-electron chi connectivity index (χ0n) is 15.9. The maximum atomic E-state index is 12.8. The van der Waals surface area contributed by atoms with Crippen LogP contribution in [0.1, 0.15) is 25.0 Å². The van der Waals surface area contributed by atoms with Gasteiger partial charge in [0.25, 0.3) is 5.91 Å². The maximum absolute atomic E-state index is 12.8. The van der Waals surface area contributed by atoms with Crippen LogP contribution in [-0.4, -0.2) is 35.9 Å². The molecular formula is C21H25ClN2O3. The molecule has 2 amide bonds. The third-order valence-corrected chi connectivity index (χ3v) is 4.39. The third kappa shape index (κ3) is 6.29. The van der Waals surface area contributed by atoms with Crippen molar-refractivity contribution in [2.75, 3.05) is 13.2 Å². The second-order valence-electron chi connectivity index (χ2n) is 6.32. The highest BCUT2D eigenvalue weighted by atomic mass is 35.5. The zero-order chi connectivity index (χ0) is 19.8. The highest BCUT2D eigenvalue weighted by Gasteiger charge is 2.26. The second kappa shape index (κ2) is 9.97. The molecule has 0 aliphatic carbocycles. The van der Waals surface area contributed by atoms with Crippen LogP contribution < -0.4 is 10.1 Å². The van der Waals surface area contributed by atoms with Crippen LogP contribution in [0.5, 0.6) is 5.75 Å². The summed E-state index contributed by atoms with van der Waals surface area (Å²) in [6.45, 7) is 6.18. The Kier molecular flexibility index (Phi) is 7.67. The summed E-state index contributed by atoms with van der Waals surface area (Å²) in [5, 5.41) is 3.38. The van der Waals surface area contributed by atoms with Gasteiger partial charge in [-0.05, 0) is 56.2 Å². The summed E-state index contributed by atoms with van der Waals surface area (Å²) in [6.07, 6.45) is 0. The van der Waals surface area contributed by atoms with Crippen LogP contribution in [0.3, 0.4) is 0 Å². The Morgan fingerprint density at radius 1 is 1.19 bits per heavy atom. The Morgan fingerprint density at radius 3 is 2.52 bits per heavy atom. The van der Waals surface area contributed by atoms with E-state index in [1.165, 1.54) is 4.90 Å². The molecule has 27 heavy (non-hydrogen) atoms. The molecule has 0 aliphatic rings. The number of nitrogens with one attached hydrogen (secondary N) is 1. The van der Waals surface area contributed by atoms with Gasteiger partial charge < -0.3 is 15.0 Å². The summed E-state index contributed by atoms with van der Waals surface area (Å²) in [5.41, 5.74) is 1.94. The van der Waals surface area contributed by atoms with Gasteiger partial charge >= 0.3 is 0 Å². The minimum absolute atomic E-state index is 0.138. The molecule has 1 atom stereocenters. The molecule has 2 rings (SSSR count). The van der Waals surface area contributed by atoms with Crippen molar-refractivity contribution >= 4 is 23.4 Å². The summed E-state index contributed by atoms with van der Waals surface area (Å²) < 4.78 is 5.63. The number of amides is 2. The lowest BCUT2D eigenvalue weighted by Crippen LogP contribution is -2.49. The van der Waals surface area contributed by atoms with Crippen LogP contribution in [0, 0.1) is 6.92 Å². The molecule has 0 aromatic heterocycles. The molecule has 0 radical (unpaired) electrons. The van der Waals surface area contributed by atoms with Crippen LogP contribution in [-0.2, 0) is 16.1 Å². The Balaban J connectivity index is 2.12. The van der Waals surface area contributed by atoms with Gasteiger partial charge in [-0.25, -0.2) is 0 Å². The molecule has 0 aliphatic heterocycles. The number of hydrogen-bond donors (Lipinski definition) is 1. The summed E-state index contributed by atoms with van der Waals surface area (Å²) in [6, 6.07) is 14.1. The largest absolute Gasteiger partial charge is 0.484 e. The zero-order valence-corrected chi connectivity index (χ0v) is 16.6. The topological polar surface area (TPSA) is 58.6 Å². The predicted octanol–water partition coefficient (Wildman–Crippen LogP) is 3.58. The van der Waals surface area contributed by atoms with Crippen molar-refractivity contribution in [3.05, 3.63) is 64.7 Å². The van der Waals surface area contributed by atoms with E-state index < -0.39 is 6.04 Å². The van der Waals surface area contributed by atoms with E-state index in [1.54, 1.807) is 25.1 Å². The molecule has 0 saturated carbocycles. The van der Waals surface area contributed by atoms with Crippen molar-refractivity contribution in [2.45, 2.75) is 33.4 Å². The average Bonchev–Trinajstić information content (AvgIpc) is 2.65. The van der Waals surface area contributed by atoms with Gasteiger partial charge in [0.1, 0.15) is 11.8 Å². The lowest BCUT2D eigenvalue weighted by Gasteiger charge is -2.28. The lowest BCUT2D eigenvalue weighted by molar-refractivity contribution is -0.142. The predicted molar refractivity (Wildman–Crippen MR) is 107 cm³/mol. The quantitative estimate of drug-likeness (QED) is 0.751. The third-order valence-electron chi connectivity index (χ3n) is 4.14. The number of carbonyl (C=O) groups excluding carboxylic acids is 2. The Bertz CT molecular complexity index is 777. The van der Waals surface area contributed by atoms with E-state index in [1.807, 2.05) is 44.2 Å². The minimum Gasteiger partial charge on any atom is -0.484 e. The number of carbonyl (C=O) groups is 2. The van der Waals surface area contributed by atoms with Crippen LogP contribution in [0.15, 0.2) is 48.5 Å². The normalized spacial score (nSPS) is 11.6. The Labute approximate surface area is 165 Å². The molecule has 0 bridgehead atoms. The van der Waals surface area contributed by atoms with Crippen LogP contribution in [0.4, 0.5) is 0 Å². The molecule has 0 fully saturated rings. The summed E-state index contributed by atoms with van der Waals surface area (Å²) in [5.74, 6) is 0.168. The first-order chi connectivity index (χ1) is 12.9. The fraction of sp³-hybridized carbons (Fsp3) is 0.333. The smallest absolute Gasteiger partial charge is 0.261 e. The number of aryl methyl sites for hydroxylation is 1. The van der Waals surface area contributed by atoms with Gasteiger partial charge in [-0.15, -0.1) is 0 Å². The number of hydrogen-bond acceptors (Lipinski definition) is 3. The molecule has 5 nitrogen and oxygen atoms in total. The highest BCUT2D eigenvalue weighted by Crippen LogP contribution is 2.16. The van der Waals surface area contributed by atoms with Crippen LogP contribution in [0.25, 0.3) is 0 Å². The van der Waals surface area contributed by atoms with Crippen molar-refractivity contribution in [1.29, 1.82) is 0 Å². The number of nitrogens with zero attached hydrogens (tertiary/aromatic N) is 1. The van der Waals surface area contributed by atoms with Gasteiger partial charge in [-0.2, -0.15) is 0 Å². The second-order valence-corrected chi connectivity index (χ2v) is 6.76. The van der Waals surface area contributed by atoms with Crippen molar-refractivity contribution in [1.82, 2.24) is 10.2 Å². The van der Waals surface area contributed by atoms with Gasteiger partial charge in [-0.3, -0.25) is 9.59 Å². The van der Waals surface area contributed by atoms with E-state index >= 15 is 0 Å². The van der Waals surface area contributed by atoms with Crippen molar-refractivity contribution < 1.29 is 14.3 Å². The molecule has 6 heteroatoms. The highest BCUT2D eigenvalue weighted by molar-refractivity contribution is 6.30. The lowest BCUT2D eigenvalue weighted by atomic mass is 10.1. The molecule has 0 heterocycles. The number of likely N-dealkylation sites (N-methyl/N-ethyl adjacent to an activating group) is 1. The average molecular weight is 389 g/mol. The first-order valence-electron chi connectivity index (χ1n) is 8.91. The molecule has 1 unspecified atom stereocenters. The molecule has 2 aromatic rings. The van der Waals surface area contributed by atoms with E-state index in [-0.39, 0.29) is 18.4 Å². The standard InChI is InChI=1S/C21H25ClN2O3/c1-4-23-21(26)16(3)24(13-17-8-10-18(22)11-9-17)20(25)14-27-19-7-5-6-15(2)12-19/h5-12,16H,4,13-14H2,1-3H3,(H,23,26). The van der Waals surface area contributed by atoms with Crippen molar-refractivity contribution in [3.63, 3.8) is 0 Å². The number of benzene rings is 2. The number of rotatable bonds is 8. The Hall–Kier alpha value is -2.53. The molecular weight excluding hydrogens is 364 g/mol. The van der Waals surface area contributed by atoms with Gasteiger partial charge in [0.2, 0.25) is 5.91 Å².